The topological polar surface area (TPSA) is 61.2 Å². The van der Waals surface area contributed by atoms with Crippen LogP contribution in [-0.2, 0) is 10.0 Å². The molecule has 1 aromatic rings. The van der Waals surface area contributed by atoms with Crippen molar-refractivity contribution in [3.05, 3.63) is 14.9 Å². The number of nitriles is 1. The van der Waals surface area contributed by atoms with Gasteiger partial charge in [-0.3, -0.25) is 0 Å². The van der Waals surface area contributed by atoms with Crippen LogP contribution in [0.2, 0.25) is 5.02 Å². The van der Waals surface area contributed by atoms with Crippen molar-refractivity contribution in [1.82, 2.24) is 4.31 Å². The molecule has 0 N–H and O–H groups in total. The molecular formula is C9H10BrClN2O2S2. The zero-order valence-electron chi connectivity index (χ0n) is 9.15. The summed E-state index contributed by atoms with van der Waals surface area (Å²) >= 11 is 10.0. The molecule has 0 amide bonds. The summed E-state index contributed by atoms with van der Waals surface area (Å²) in [5.41, 5.74) is 0. The van der Waals surface area contributed by atoms with Gasteiger partial charge in [-0.15, -0.1) is 11.3 Å². The monoisotopic (exact) mass is 356 g/mol. The molecule has 0 aliphatic carbocycles. The predicted molar refractivity (Wildman–Crippen MR) is 71.7 cm³/mol. The third-order valence-electron chi connectivity index (χ3n) is 1.99. The quantitative estimate of drug-likeness (QED) is 0.778. The van der Waals surface area contributed by atoms with E-state index in [0.717, 1.165) is 15.6 Å². The Morgan fingerprint density at radius 3 is 2.59 bits per heavy atom. The van der Waals surface area contributed by atoms with Gasteiger partial charge < -0.3 is 0 Å². The van der Waals surface area contributed by atoms with Gasteiger partial charge in [-0.25, -0.2) is 8.42 Å². The highest BCUT2D eigenvalue weighted by atomic mass is 79.9. The van der Waals surface area contributed by atoms with E-state index < -0.39 is 10.0 Å². The van der Waals surface area contributed by atoms with E-state index in [1.807, 2.05) is 6.07 Å². The SMILES string of the molecule is CC(C)N(CC#N)S(=O)(=O)c1cc(Cl)c(Br)s1. The molecule has 0 aliphatic rings. The Balaban J connectivity index is 3.22. The third kappa shape index (κ3) is 3.20. The van der Waals surface area contributed by atoms with Gasteiger partial charge in [0, 0.05) is 6.04 Å². The van der Waals surface area contributed by atoms with Gasteiger partial charge in [-0.1, -0.05) is 11.6 Å². The minimum absolute atomic E-state index is 0.137. The maximum Gasteiger partial charge on any atom is 0.253 e. The number of hydrogen-bond donors (Lipinski definition) is 0. The van der Waals surface area contributed by atoms with Gasteiger partial charge in [0.15, 0.2) is 0 Å². The lowest BCUT2D eigenvalue weighted by molar-refractivity contribution is 0.386. The molecule has 0 radical (unpaired) electrons. The summed E-state index contributed by atoms with van der Waals surface area (Å²) in [6.45, 7) is 3.27. The Bertz CT molecular complexity index is 528. The fraction of sp³-hybridized carbons (Fsp3) is 0.444. The van der Waals surface area contributed by atoms with Crippen molar-refractivity contribution in [2.75, 3.05) is 6.54 Å². The lowest BCUT2D eigenvalue weighted by Crippen LogP contribution is -2.36. The number of hydrogen-bond acceptors (Lipinski definition) is 4. The number of halogens is 2. The Kier molecular flexibility index (Phi) is 4.98. The molecule has 0 spiro atoms. The van der Waals surface area contributed by atoms with Crippen molar-refractivity contribution in [1.29, 1.82) is 5.26 Å². The standard InChI is InChI=1S/C9H10BrClN2O2S2/c1-6(2)13(4-3-12)17(14,15)8-5-7(11)9(10)16-8/h5-6H,4H2,1-2H3. The van der Waals surface area contributed by atoms with Crippen molar-refractivity contribution >= 4 is 48.9 Å². The second-order valence-corrected chi connectivity index (χ2v) is 8.38. The van der Waals surface area contributed by atoms with Gasteiger partial charge in [0.25, 0.3) is 10.0 Å². The van der Waals surface area contributed by atoms with Crippen molar-refractivity contribution in [3.8, 4) is 6.07 Å². The van der Waals surface area contributed by atoms with Crippen LogP contribution < -0.4 is 0 Å². The summed E-state index contributed by atoms with van der Waals surface area (Å²) in [7, 11) is -3.65. The molecule has 94 valence electrons. The van der Waals surface area contributed by atoms with Crippen LogP contribution in [0.25, 0.3) is 0 Å². The van der Waals surface area contributed by atoms with E-state index in [-0.39, 0.29) is 16.8 Å². The molecule has 0 aromatic carbocycles. The van der Waals surface area contributed by atoms with E-state index in [2.05, 4.69) is 15.9 Å². The molecule has 0 unspecified atom stereocenters. The minimum Gasteiger partial charge on any atom is -0.206 e. The van der Waals surface area contributed by atoms with Crippen LogP contribution in [0.15, 0.2) is 14.1 Å². The predicted octanol–water partition coefficient (Wildman–Crippen LogP) is 3.09. The van der Waals surface area contributed by atoms with Crippen molar-refractivity contribution in [3.63, 3.8) is 0 Å². The molecule has 0 fully saturated rings. The molecule has 1 aromatic heterocycles. The number of sulfonamides is 1. The van der Waals surface area contributed by atoms with Crippen LogP contribution >= 0.6 is 38.9 Å². The van der Waals surface area contributed by atoms with Gasteiger partial charge in [0.2, 0.25) is 0 Å². The summed E-state index contributed by atoms with van der Waals surface area (Å²) in [6.07, 6.45) is 0. The number of thiophene rings is 1. The zero-order valence-corrected chi connectivity index (χ0v) is 13.1. The van der Waals surface area contributed by atoms with Crippen molar-refractivity contribution in [2.45, 2.75) is 24.1 Å². The second kappa shape index (κ2) is 5.67. The molecule has 0 saturated heterocycles. The van der Waals surface area contributed by atoms with E-state index >= 15 is 0 Å². The highest BCUT2D eigenvalue weighted by Crippen LogP contribution is 2.36. The largest absolute Gasteiger partial charge is 0.253 e. The van der Waals surface area contributed by atoms with E-state index in [1.54, 1.807) is 13.8 Å². The fourth-order valence-corrected chi connectivity index (χ4v) is 5.25. The molecule has 8 heteroatoms. The summed E-state index contributed by atoms with van der Waals surface area (Å²) < 4.78 is 26.3. The first-order chi connectivity index (χ1) is 7.80. The van der Waals surface area contributed by atoms with Crippen molar-refractivity contribution in [2.24, 2.45) is 0 Å². The average molecular weight is 358 g/mol. The number of rotatable bonds is 4. The van der Waals surface area contributed by atoms with Crippen LogP contribution in [0.4, 0.5) is 0 Å². The first-order valence-electron chi connectivity index (χ1n) is 4.64. The average Bonchev–Trinajstić information content (AvgIpc) is 2.55. The highest BCUT2D eigenvalue weighted by molar-refractivity contribution is 9.11. The van der Waals surface area contributed by atoms with E-state index in [9.17, 15) is 8.42 Å². The Hall–Kier alpha value is -0.130. The smallest absolute Gasteiger partial charge is 0.206 e. The Morgan fingerprint density at radius 2 is 2.24 bits per heavy atom. The van der Waals surface area contributed by atoms with Gasteiger partial charge >= 0.3 is 0 Å². The van der Waals surface area contributed by atoms with Crippen LogP contribution in [0, 0.1) is 11.3 Å². The van der Waals surface area contributed by atoms with Gasteiger partial charge in [0.05, 0.1) is 14.9 Å². The van der Waals surface area contributed by atoms with E-state index in [1.165, 1.54) is 6.07 Å². The summed E-state index contributed by atoms with van der Waals surface area (Å²) in [4.78, 5) is 0. The van der Waals surface area contributed by atoms with Gasteiger partial charge in [-0.05, 0) is 35.8 Å². The lowest BCUT2D eigenvalue weighted by Gasteiger charge is -2.21. The first-order valence-corrected chi connectivity index (χ1v) is 8.07. The second-order valence-electron chi connectivity index (χ2n) is 3.49. The lowest BCUT2D eigenvalue weighted by atomic mass is 10.4. The maximum atomic E-state index is 12.2. The third-order valence-corrected chi connectivity index (χ3v) is 6.93. The van der Waals surface area contributed by atoms with Crippen molar-refractivity contribution < 1.29 is 8.42 Å². The molecule has 1 rings (SSSR count). The van der Waals surface area contributed by atoms with E-state index in [0.29, 0.717) is 8.81 Å². The number of nitrogens with zero attached hydrogens (tertiary/aromatic N) is 2. The van der Waals surface area contributed by atoms with Crippen LogP contribution in [0.1, 0.15) is 13.8 Å². The first kappa shape index (κ1) is 14.9. The summed E-state index contributed by atoms with van der Waals surface area (Å²) in [5.74, 6) is 0. The molecule has 0 saturated carbocycles. The zero-order chi connectivity index (χ0) is 13.2. The van der Waals surface area contributed by atoms with Crippen LogP contribution in [0.5, 0.6) is 0 Å². The Morgan fingerprint density at radius 1 is 1.65 bits per heavy atom. The van der Waals surface area contributed by atoms with E-state index in [4.69, 9.17) is 16.9 Å². The van der Waals surface area contributed by atoms with Crippen LogP contribution in [-0.4, -0.2) is 25.3 Å². The minimum atomic E-state index is -3.65. The maximum absolute atomic E-state index is 12.2. The molecular weight excluding hydrogens is 348 g/mol. The summed E-state index contributed by atoms with van der Waals surface area (Å²) in [6, 6.07) is 2.96. The van der Waals surface area contributed by atoms with Gasteiger partial charge in [-0.2, -0.15) is 9.57 Å². The normalized spacial score (nSPS) is 12.1. The molecule has 0 aliphatic heterocycles. The Labute approximate surface area is 118 Å². The highest BCUT2D eigenvalue weighted by Gasteiger charge is 2.29. The fourth-order valence-electron chi connectivity index (χ4n) is 1.18. The molecule has 0 bridgehead atoms. The molecule has 0 atom stereocenters. The summed E-state index contributed by atoms with van der Waals surface area (Å²) in [5, 5.41) is 9.02. The van der Waals surface area contributed by atoms with Gasteiger partial charge in [0.1, 0.15) is 10.8 Å². The van der Waals surface area contributed by atoms with Crippen LogP contribution in [0.3, 0.4) is 0 Å². The molecule has 17 heavy (non-hydrogen) atoms. The molecule has 1 heterocycles. The molecule has 4 nitrogen and oxygen atoms in total.